The summed E-state index contributed by atoms with van der Waals surface area (Å²) in [6.45, 7) is 2.29. The maximum absolute atomic E-state index is 5.69. The largest absolute Gasteiger partial charge is 0.496 e. The Morgan fingerprint density at radius 2 is 2.24 bits per heavy atom. The molecule has 2 N–H and O–H groups in total. The third-order valence-corrected chi connectivity index (χ3v) is 3.22. The number of hydrogen-bond acceptors (Lipinski definition) is 4. The SMILES string of the molecule is COc1ccc(-c2onc(C)c2CN)cc1Br. The number of nitrogens with zero attached hydrogens (tertiary/aromatic N) is 1. The third-order valence-electron chi connectivity index (χ3n) is 2.60. The van der Waals surface area contributed by atoms with Crippen LogP contribution >= 0.6 is 15.9 Å². The Morgan fingerprint density at radius 1 is 1.47 bits per heavy atom. The fourth-order valence-corrected chi connectivity index (χ4v) is 2.20. The van der Waals surface area contributed by atoms with Gasteiger partial charge >= 0.3 is 0 Å². The van der Waals surface area contributed by atoms with Gasteiger partial charge in [0.05, 0.1) is 17.3 Å². The monoisotopic (exact) mass is 296 g/mol. The molecule has 0 radical (unpaired) electrons. The van der Waals surface area contributed by atoms with Gasteiger partial charge in [-0.2, -0.15) is 0 Å². The predicted octanol–water partition coefficient (Wildman–Crippen LogP) is 2.88. The zero-order chi connectivity index (χ0) is 12.4. The van der Waals surface area contributed by atoms with Gasteiger partial charge in [-0.1, -0.05) is 5.16 Å². The van der Waals surface area contributed by atoms with Crippen LogP contribution in [0, 0.1) is 6.92 Å². The number of aromatic nitrogens is 1. The van der Waals surface area contributed by atoms with E-state index in [2.05, 4.69) is 21.1 Å². The molecule has 0 saturated heterocycles. The lowest BCUT2D eigenvalue weighted by molar-refractivity contribution is 0.411. The number of halogens is 1. The van der Waals surface area contributed by atoms with E-state index >= 15 is 0 Å². The number of nitrogens with two attached hydrogens (primary N) is 1. The van der Waals surface area contributed by atoms with Crippen molar-refractivity contribution in [1.82, 2.24) is 5.16 Å². The van der Waals surface area contributed by atoms with Crippen LogP contribution in [0.15, 0.2) is 27.2 Å². The summed E-state index contributed by atoms with van der Waals surface area (Å²) in [5.41, 5.74) is 8.38. The molecule has 0 saturated carbocycles. The van der Waals surface area contributed by atoms with Gasteiger partial charge in [0.15, 0.2) is 5.76 Å². The van der Waals surface area contributed by atoms with Crippen LogP contribution in [0.2, 0.25) is 0 Å². The maximum atomic E-state index is 5.69. The Bertz CT molecular complexity index is 537. The predicted molar refractivity (Wildman–Crippen MR) is 68.8 cm³/mol. The van der Waals surface area contributed by atoms with E-state index in [9.17, 15) is 0 Å². The smallest absolute Gasteiger partial charge is 0.171 e. The second-order valence-electron chi connectivity index (χ2n) is 3.63. The molecule has 0 amide bonds. The molecule has 5 heteroatoms. The van der Waals surface area contributed by atoms with E-state index in [0.29, 0.717) is 12.3 Å². The Hall–Kier alpha value is -1.33. The minimum absolute atomic E-state index is 0.411. The van der Waals surface area contributed by atoms with Crippen molar-refractivity contribution in [2.45, 2.75) is 13.5 Å². The molecular weight excluding hydrogens is 284 g/mol. The van der Waals surface area contributed by atoms with Gasteiger partial charge in [-0.3, -0.25) is 0 Å². The lowest BCUT2D eigenvalue weighted by atomic mass is 10.1. The van der Waals surface area contributed by atoms with Crippen LogP contribution in [0.25, 0.3) is 11.3 Å². The standard InChI is InChI=1S/C12H13BrN2O2/c1-7-9(6-14)12(17-15-7)8-3-4-11(16-2)10(13)5-8/h3-5H,6,14H2,1-2H3. The van der Waals surface area contributed by atoms with Gasteiger partial charge in [-0.05, 0) is 41.1 Å². The second kappa shape index (κ2) is 4.89. The lowest BCUT2D eigenvalue weighted by Crippen LogP contribution is -1.98. The minimum atomic E-state index is 0.411. The number of hydrogen-bond donors (Lipinski definition) is 1. The first kappa shape index (κ1) is 12.1. The molecule has 1 aromatic heterocycles. The number of methoxy groups -OCH3 is 1. The van der Waals surface area contributed by atoms with Crippen molar-refractivity contribution in [2.24, 2.45) is 5.73 Å². The minimum Gasteiger partial charge on any atom is -0.496 e. The zero-order valence-corrected chi connectivity index (χ0v) is 11.2. The van der Waals surface area contributed by atoms with Gasteiger partial charge in [0, 0.05) is 17.7 Å². The van der Waals surface area contributed by atoms with Gasteiger partial charge in [-0.15, -0.1) is 0 Å². The summed E-state index contributed by atoms with van der Waals surface area (Å²) < 4.78 is 11.4. The molecule has 0 aliphatic rings. The number of benzene rings is 1. The van der Waals surface area contributed by atoms with Gasteiger partial charge in [0.25, 0.3) is 0 Å². The maximum Gasteiger partial charge on any atom is 0.171 e. The molecule has 2 rings (SSSR count). The summed E-state index contributed by atoms with van der Waals surface area (Å²) in [7, 11) is 1.63. The Morgan fingerprint density at radius 3 is 2.82 bits per heavy atom. The fraction of sp³-hybridized carbons (Fsp3) is 0.250. The highest BCUT2D eigenvalue weighted by Crippen LogP contribution is 2.32. The molecule has 0 atom stereocenters. The topological polar surface area (TPSA) is 61.3 Å². The number of aryl methyl sites for hydroxylation is 1. The van der Waals surface area contributed by atoms with Crippen LogP contribution in [-0.4, -0.2) is 12.3 Å². The molecular formula is C12H13BrN2O2. The molecule has 0 spiro atoms. The molecule has 0 aliphatic heterocycles. The quantitative estimate of drug-likeness (QED) is 0.946. The summed E-state index contributed by atoms with van der Waals surface area (Å²) in [4.78, 5) is 0. The summed E-state index contributed by atoms with van der Waals surface area (Å²) >= 11 is 3.44. The van der Waals surface area contributed by atoms with Gasteiger partial charge < -0.3 is 15.0 Å². The average Bonchev–Trinajstić information content (AvgIpc) is 2.70. The number of rotatable bonds is 3. The molecule has 1 heterocycles. The van der Waals surface area contributed by atoms with E-state index in [-0.39, 0.29) is 0 Å². The van der Waals surface area contributed by atoms with Crippen molar-refractivity contribution in [3.8, 4) is 17.1 Å². The summed E-state index contributed by atoms with van der Waals surface area (Å²) in [6, 6.07) is 5.72. The van der Waals surface area contributed by atoms with Crippen molar-refractivity contribution in [2.75, 3.05) is 7.11 Å². The Kier molecular flexibility index (Phi) is 3.49. The lowest BCUT2D eigenvalue weighted by Gasteiger charge is -2.05. The Balaban J connectivity index is 2.49. The van der Waals surface area contributed by atoms with Crippen molar-refractivity contribution < 1.29 is 9.26 Å². The molecule has 90 valence electrons. The van der Waals surface area contributed by atoms with Crippen LogP contribution in [0.5, 0.6) is 5.75 Å². The van der Waals surface area contributed by atoms with Crippen LogP contribution in [-0.2, 0) is 6.54 Å². The average molecular weight is 297 g/mol. The van der Waals surface area contributed by atoms with Gasteiger partial charge in [0.2, 0.25) is 0 Å². The highest BCUT2D eigenvalue weighted by atomic mass is 79.9. The van der Waals surface area contributed by atoms with E-state index < -0.39 is 0 Å². The molecule has 4 nitrogen and oxygen atoms in total. The van der Waals surface area contributed by atoms with Crippen LogP contribution in [0.4, 0.5) is 0 Å². The molecule has 2 aromatic rings. The van der Waals surface area contributed by atoms with Gasteiger partial charge in [0.1, 0.15) is 5.75 Å². The molecule has 1 aromatic carbocycles. The molecule has 0 unspecified atom stereocenters. The normalized spacial score (nSPS) is 10.6. The molecule has 0 bridgehead atoms. The summed E-state index contributed by atoms with van der Waals surface area (Å²) in [6.07, 6.45) is 0. The molecule has 17 heavy (non-hydrogen) atoms. The van der Waals surface area contributed by atoms with E-state index in [1.54, 1.807) is 7.11 Å². The van der Waals surface area contributed by atoms with Crippen LogP contribution < -0.4 is 10.5 Å². The highest BCUT2D eigenvalue weighted by molar-refractivity contribution is 9.10. The third kappa shape index (κ3) is 2.21. The Labute approximate surface area is 108 Å². The fourth-order valence-electron chi connectivity index (χ4n) is 1.66. The van der Waals surface area contributed by atoms with Crippen molar-refractivity contribution in [3.63, 3.8) is 0 Å². The first-order valence-corrected chi connectivity index (χ1v) is 5.95. The van der Waals surface area contributed by atoms with E-state index in [4.69, 9.17) is 15.0 Å². The van der Waals surface area contributed by atoms with Crippen molar-refractivity contribution >= 4 is 15.9 Å². The highest BCUT2D eigenvalue weighted by Gasteiger charge is 2.14. The zero-order valence-electron chi connectivity index (χ0n) is 9.66. The van der Waals surface area contributed by atoms with Gasteiger partial charge in [-0.25, -0.2) is 0 Å². The van der Waals surface area contributed by atoms with Crippen LogP contribution in [0.3, 0.4) is 0 Å². The van der Waals surface area contributed by atoms with Crippen molar-refractivity contribution in [3.05, 3.63) is 33.9 Å². The van der Waals surface area contributed by atoms with E-state index in [1.165, 1.54) is 0 Å². The molecule has 0 fully saturated rings. The first-order chi connectivity index (χ1) is 8.17. The first-order valence-electron chi connectivity index (χ1n) is 5.16. The van der Waals surface area contributed by atoms with E-state index in [1.807, 2.05) is 25.1 Å². The molecule has 0 aliphatic carbocycles. The van der Waals surface area contributed by atoms with Crippen molar-refractivity contribution in [1.29, 1.82) is 0 Å². The number of ether oxygens (including phenoxy) is 1. The summed E-state index contributed by atoms with van der Waals surface area (Å²) in [5.74, 6) is 1.49. The second-order valence-corrected chi connectivity index (χ2v) is 4.48. The van der Waals surface area contributed by atoms with E-state index in [0.717, 1.165) is 27.0 Å². The van der Waals surface area contributed by atoms with Crippen LogP contribution in [0.1, 0.15) is 11.3 Å². The summed E-state index contributed by atoms with van der Waals surface area (Å²) in [5, 5.41) is 3.93.